The summed E-state index contributed by atoms with van der Waals surface area (Å²) in [4.78, 5) is 0.274. The third-order valence-corrected chi connectivity index (χ3v) is 4.45. The van der Waals surface area contributed by atoms with Crippen molar-refractivity contribution < 1.29 is 13.5 Å². The van der Waals surface area contributed by atoms with Crippen molar-refractivity contribution in [1.29, 1.82) is 0 Å². The van der Waals surface area contributed by atoms with Gasteiger partial charge in [0.05, 0.1) is 4.90 Å². The Kier molecular flexibility index (Phi) is 4.19. The molecule has 2 rings (SSSR count). The van der Waals surface area contributed by atoms with Crippen molar-refractivity contribution in [2.24, 2.45) is 5.92 Å². The largest absolute Gasteiger partial charge is 0.396 e. The Bertz CT molecular complexity index is 662. The fourth-order valence-electron chi connectivity index (χ4n) is 1.82. The summed E-state index contributed by atoms with van der Waals surface area (Å²) in [5.41, 5.74) is 0. The van der Waals surface area contributed by atoms with Crippen LogP contribution in [0.2, 0.25) is 0 Å². The molecule has 0 aromatic heterocycles. The van der Waals surface area contributed by atoms with Gasteiger partial charge in [-0.1, -0.05) is 43.3 Å². The lowest BCUT2D eigenvalue weighted by atomic mass is 10.1. The van der Waals surface area contributed by atoms with Gasteiger partial charge in [-0.3, -0.25) is 0 Å². The number of sulfonamides is 1. The van der Waals surface area contributed by atoms with Crippen molar-refractivity contribution in [3.8, 4) is 0 Å². The van der Waals surface area contributed by atoms with E-state index in [2.05, 4.69) is 4.72 Å². The van der Waals surface area contributed by atoms with Gasteiger partial charge in [0.15, 0.2) is 0 Å². The minimum absolute atomic E-state index is 0.0436. The molecule has 0 bridgehead atoms. The van der Waals surface area contributed by atoms with E-state index in [1.165, 1.54) is 0 Å². The van der Waals surface area contributed by atoms with E-state index in [1.807, 2.05) is 24.3 Å². The molecular formula is C14H17NO3S. The first-order valence-electron chi connectivity index (χ1n) is 6.13. The lowest BCUT2D eigenvalue weighted by Gasteiger charge is -2.12. The number of hydrogen-bond acceptors (Lipinski definition) is 3. The van der Waals surface area contributed by atoms with E-state index in [1.54, 1.807) is 25.1 Å². The van der Waals surface area contributed by atoms with Gasteiger partial charge in [-0.05, 0) is 17.4 Å². The highest BCUT2D eigenvalue weighted by Gasteiger charge is 2.17. The first kappa shape index (κ1) is 14.0. The van der Waals surface area contributed by atoms with Crippen LogP contribution in [0.4, 0.5) is 0 Å². The van der Waals surface area contributed by atoms with Crippen LogP contribution in [0.15, 0.2) is 47.4 Å². The number of benzene rings is 2. The number of aliphatic hydroxyl groups is 1. The van der Waals surface area contributed by atoms with E-state index in [0.717, 1.165) is 5.39 Å². The van der Waals surface area contributed by atoms with Crippen molar-refractivity contribution in [1.82, 2.24) is 4.72 Å². The van der Waals surface area contributed by atoms with Crippen LogP contribution < -0.4 is 4.72 Å². The second-order valence-corrected chi connectivity index (χ2v) is 6.35. The van der Waals surface area contributed by atoms with E-state index in [9.17, 15) is 8.42 Å². The number of fused-ring (bicyclic) bond motifs is 1. The first-order valence-corrected chi connectivity index (χ1v) is 7.61. The van der Waals surface area contributed by atoms with Gasteiger partial charge in [0.1, 0.15) is 0 Å². The molecule has 2 N–H and O–H groups in total. The zero-order valence-corrected chi connectivity index (χ0v) is 11.5. The highest BCUT2D eigenvalue weighted by atomic mass is 32.2. The predicted octanol–water partition coefficient (Wildman–Crippen LogP) is 1.75. The minimum Gasteiger partial charge on any atom is -0.396 e. The van der Waals surface area contributed by atoms with E-state index < -0.39 is 10.0 Å². The second-order valence-electron chi connectivity index (χ2n) is 4.62. The fraction of sp³-hybridized carbons (Fsp3) is 0.286. The first-order chi connectivity index (χ1) is 9.04. The molecule has 0 spiro atoms. The Morgan fingerprint density at radius 2 is 1.84 bits per heavy atom. The van der Waals surface area contributed by atoms with Crippen LogP contribution in [-0.2, 0) is 10.0 Å². The van der Waals surface area contributed by atoms with Gasteiger partial charge in [0.25, 0.3) is 0 Å². The lowest BCUT2D eigenvalue weighted by molar-refractivity contribution is 0.238. The number of nitrogens with one attached hydrogen (secondary N) is 1. The van der Waals surface area contributed by atoms with Crippen molar-refractivity contribution >= 4 is 20.8 Å². The molecule has 0 radical (unpaired) electrons. The van der Waals surface area contributed by atoms with Crippen molar-refractivity contribution in [3.63, 3.8) is 0 Å². The van der Waals surface area contributed by atoms with Crippen molar-refractivity contribution in [3.05, 3.63) is 42.5 Å². The van der Waals surface area contributed by atoms with Crippen LogP contribution in [0, 0.1) is 5.92 Å². The van der Waals surface area contributed by atoms with Crippen molar-refractivity contribution in [2.45, 2.75) is 11.8 Å². The van der Waals surface area contributed by atoms with Crippen LogP contribution in [0.1, 0.15) is 6.92 Å². The summed E-state index contributed by atoms with van der Waals surface area (Å²) in [5.74, 6) is -0.107. The Hall–Kier alpha value is -1.43. The minimum atomic E-state index is -3.55. The van der Waals surface area contributed by atoms with Gasteiger partial charge < -0.3 is 5.11 Å². The summed E-state index contributed by atoms with van der Waals surface area (Å²) in [7, 11) is -3.55. The van der Waals surface area contributed by atoms with Gasteiger partial charge in [-0.15, -0.1) is 0 Å². The number of aliphatic hydroxyl groups excluding tert-OH is 1. The molecule has 102 valence electrons. The molecule has 0 aliphatic carbocycles. The highest BCUT2D eigenvalue weighted by Crippen LogP contribution is 2.22. The molecular weight excluding hydrogens is 262 g/mol. The topological polar surface area (TPSA) is 66.4 Å². The van der Waals surface area contributed by atoms with Crippen LogP contribution in [0.5, 0.6) is 0 Å². The Labute approximate surface area is 113 Å². The average molecular weight is 279 g/mol. The summed E-state index contributed by atoms with van der Waals surface area (Å²) >= 11 is 0. The Morgan fingerprint density at radius 1 is 1.16 bits per heavy atom. The molecule has 2 aromatic carbocycles. The summed E-state index contributed by atoms with van der Waals surface area (Å²) in [6.45, 7) is 1.96. The standard InChI is InChI=1S/C14H17NO3S/c1-11(10-16)9-15-19(17,18)14-8-4-6-12-5-2-3-7-13(12)14/h2-8,11,15-16H,9-10H2,1H3. The molecule has 1 unspecified atom stereocenters. The van der Waals surface area contributed by atoms with E-state index >= 15 is 0 Å². The third kappa shape index (κ3) is 3.12. The average Bonchev–Trinajstić information content (AvgIpc) is 2.44. The SMILES string of the molecule is CC(CO)CNS(=O)(=O)c1cccc2ccccc12. The van der Waals surface area contributed by atoms with Crippen LogP contribution in [0.25, 0.3) is 10.8 Å². The molecule has 4 nitrogen and oxygen atoms in total. The molecule has 0 heterocycles. The van der Waals surface area contributed by atoms with Gasteiger partial charge in [0.2, 0.25) is 10.0 Å². The zero-order valence-electron chi connectivity index (χ0n) is 10.7. The smallest absolute Gasteiger partial charge is 0.241 e. The van der Waals surface area contributed by atoms with Crippen molar-refractivity contribution in [2.75, 3.05) is 13.2 Å². The van der Waals surface area contributed by atoms with Gasteiger partial charge in [-0.2, -0.15) is 0 Å². The Morgan fingerprint density at radius 3 is 2.58 bits per heavy atom. The molecule has 0 saturated heterocycles. The molecule has 0 saturated carbocycles. The summed E-state index contributed by atoms with van der Waals surface area (Å²) in [5, 5.41) is 10.5. The summed E-state index contributed by atoms with van der Waals surface area (Å²) in [6, 6.07) is 12.6. The van der Waals surface area contributed by atoms with Crippen LogP contribution >= 0.6 is 0 Å². The maximum atomic E-state index is 12.3. The molecule has 2 aromatic rings. The zero-order chi connectivity index (χ0) is 13.9. The third-order valence-electron chi connectivity index (χ3n) is 2.97. The molecule has 0 aliphatic heterocycles. The molecule has 19 heavy (non-hydrogen) atoms. The fourth-order valence-corrected chi connectivity index (χ4v) is 3.22. The van der Waals surface area contributed by atoms with E-state index in [4.69, 9.17) is 5.11 Å². The number of rotatable bonds is 5. The van der Waals surface area contributed by atoms with Crippen LogP contribution in [0.3, 0.4) is 0 Å². The maximum absolute atomic E-state index is 12.3. The molecule has 0 amide bonds. The molecule has 0 aliphatic rings. The van der Waals surface area contributed by atoms with Gasteiger partial charge >= 0.3 is 0 Å². The summed E-state index contributed by atoms with van der Waals surface area (Å²) in [6.07, 6.45) is 0. The van der Waals surface area contributed by atoms with Gasteiger partial charge in [0, 0.05) is 18.5 Å². The molecule has 0 fully saturated rings. The van der Waals surface area contributed by atoms with E-state index in [0.29, 0.717) is 5.39 Å². The van der Waals surface area contributed by atoms with E-state index in [-0.39, 0.29) is 24.0 Å². The van der Waals surface area contributed by atoms with Crippen LogP contribution in [-0.4, -0.2) is 26.7 Å². The summed E-state index contributed by atoms with van der Waals surface area (Å²) < 4.78 is 27.1. The lowest BCUT2D eigenvalue weighted by Crippen LogP contribution is -2.29. The predicted molar refractivity (Wildman–Crippen MR) is 75.4 cm³/mol. The Balaban J connectivity index is 2.38. The molecule has 5 heteroatoms. The van der Waals surface area contributed by atoms with Gasteiger partial charge in [-0.25, -0.2) is 13.1 Å². The monoisotopic (exact) mass is 279 g/mol. The highest BCUT2D eigenvalue weighted by molar-refractivity contribution is 7.89. The maximum Gasteiger partial charge on any atom is 0.241 e. The molecule has 1 atom stereocenters. The second kappa shape index (κ2) is 5.69. The normalized spacial score (nSPS) is 13.6. The number of hydrogen-bond donors (Lipinski definition) is 2. The quantitative estimate of drug-likeness (QED) is 0.876.